The average Bonchev–Trinajstić information content (AvgIpc) is 2.47. The van der Waals surface area contributed by atoms with Crippen LogP contribution >= 0.6 is 15.9 Å². The first-order valence-corrected chi connectivity index (χ1v) is 7.93. The Hall–Kier alpha value is -0.830. The van der Waals surface area contributed by atoms with Gasteiger partial charge in [0.2, 0.25) is 0 Å². The Morgan fingerprint density at radius 2 is 1.89 bits per heavy atom. The predicted octanol–water partition coefficient (Wildman–Crippen LogP) is 4.67. The van der Waals surface area contributed by atoms with Gasteiger partial charge in [0.1, 0.15) is 0 Å². The van der Waals surface area contributed by atoms with Crippen LogP contribution < -0.4 is 4.90 Å². The van der Waals surface area contributed by atoms with Gasteiger partial charge < -0.3 is 4.90 Å². The van der Waals surface area contributed by atoms with Crippen LogP contribution in [0.1, 0.15) is 49.9 Å². The van der Waals surface area contributed by atoms with Crippen molar-refractivity contribution in [3.05, 3.63) is 28.2 Å². The van der Waals surface area contributed by atoms with E-state index in [-0.39, 0.29) is 0 Å². The molecule has 2 nitrogen and oxygen atoms in total. The van der Waals surface area contributed by atoms with Crippen molar-refractivity contribution >= 4 is 27.9 Å². The predicted molar refractivity (Wildman–Crippen MR) is 84.0 cm³/mol. The number of nitrogens with zero attached hydrogens (tertiary/aromatic N) is 1. The molecule has 0 radical (unpaired) electrons. The quantitative estimate of drug-likeness (QED) is 0.750. The fourth-order valence-corrected chi connectivity index (χ4v) is 3.46. The Balaban J connectivity index is 2.09. The number of carbonyl (C=O) groups is 1. The second kappa shape index (κ2) is 6.08. The van der Waals surface area contributed by atoms with Crippen LogP contribution in [0, 0.1) is 5.41 Å². The molecule has 1 aliphatic rings. The van der Waals surface area contributed by atoms with Gasteiger partial charge in [-0.3, -0.25) is 4.79 Å². The van der Waals surface area contributed by atoms with Crippen LogP contribution in [0.4, 0.5) is 5.69 Å². The van der Waals surface area contributed by atoms with Gasteiger partial charge in [-0.05, 0) is 52.4 Å². The number of anilines is 1. The second-order valence-corrected chi connectivity index (χ2v) is 6.37. The summed E-state index contributed by atoms with van der Waals surface area (Å²) in [7, 11) is 0. The van der Waals surface area contributed by atoms with Crippen LogP contribution in [-0.2, 0) is 0 Å². The van der Waals surface area contributed by atoms with E-state index >= 15 is 0 Å². The third-order valence-electron chi connectivity index (χ3n) is 4.80. The van der Waals surface area contributed by atoms with Gasteiger partial charge in [0.05, 0.1) is 0 Å². The van der Waals surface area contributed by atoms with Crippen molar-refractivity contribution < 1.29 is 4.79 Å². The SMILES string of the molecule is CCC1(CC)CCN(c2ccc(C=O)c(Br)c2)CC1. The summed E-state index contributed by atoms with van der Waals surface area (Å²) in [6, 6.07) is 6.02. The van der Waals surface area contributed by atoms with E-state index in [1.807, 2.05) is 6.07 Å². The molecule has 1 aliphatic heterocycles. The minimum absolute atomic E-state index is 0.552. The molecule has 0 saturated carbocycles. The van der Waals surface area contributed by atoms with Gasteiger partial charge in [-0.25, -0.2) is 0 Å². The summed E-state index contributed by atoms with van der Waals surface area (Å²) in [6.45, 7) is 6.87. The fraction of sp³-hybridized carbons (Fsp3) is 0.562. The van der Waals surface area contributed by atoms with Crippen LogP contribution in [0.25, 0.3) is 0 Å². The number of hydrogen-bond donors (Lipinski definition) is 0. The smallest absolute Gasteiger partial charge is 0.151 e. The highest BCUT2D eigenvalue weighted by atomic mass is 79.9. The van der Waals surface area contributed by atoms with E-state index < -0.39 is 0 Å². The molecule has 1 saturated heterocycles. The lowest BCUT2D eigenvalue weighted by Gasteiger charge is -2.42. The number of carbonyl (C=O) groups excluding carboxylic acids is 1. The van der Waals surface area contributed by atoms with E-state index in [1.165, 1.54) is 31.4 Å². The highest BCUT2D eigenvalue weighted by molar-refractivity contribution is 9.10. The molecule has 0 amide bonds. The Bertz CT molecular complexity index is 444. The largest absolute Gasteiger partial charge is 0.371 e. The van der Waals surface area contributed by atoms with Gasteiger partial charge in [0.15, 0.2) is 6.29 Å². The van der Waals surface area contributed by atoms with Crippen LogP contribution in [0.2, 0.25) is 0 Å². The zero-order valence-corrected chi connectivity index (χ0v) is 13.4. The summed E-state index contributed by atoms with van der Waals surface area (Å²) in [5.74, 6) is 0. The molecule has 3 heteroatoms. The molecule has 1 heterocycles. The Morgan fingerprint density at radius 1 is 1.26 bits per heavy atom. The molecular weight excluding hydrogens is 302 g/mol. The zero-order valence-electron chi connectivity index (χ0n) is 11.8. The molecule has 0 aromatic heterocycles. The highest BCUT2D eigenvalue weighted by Gasteiger charge is 2.31. The maximum Gasteiger partial charge on any atom is 0.151 e. The third kappa shape index (κ3) is 3.02. The van der Waals surface area contributed by atoms with Crippen LogP contribution in [-0.4, -0.2) is 19.4 Å². The summed E-state index contributed by atoms with van der Waals surface area (Å²) in [4.78, 5) is 13.3. The lowest BCUT2D eigenvalue weighted by Crippen LogP contribution is -2.39. The molecule has 0 atom stereocenters. The number of halogens is 1. The van der Waals surface area contributed by atoms with Crippen molar-refractivity contribution in [3.8, 4) is 0 Å². The fourth-order valence-electron chi connectivity index (χ4n) is 3.00. The first-order valence-electron chi connectivity index (χ1n) is 7.14. The Labute approximate surface area is 124 Å². The van der Waals surface area contributed by atoms with Crippen molar-refractivity contribution in [2.45, 2.75) is 39.5 Å². The molecule has 1 aromatic carbocycles. The van der Waals surface area contributed by atoms with Crippen LogP contribution in [0.15, 0.2) is 22.7 Å². The Morgan fingerprint density at radius 3 is 2.37 bits per heavy atom. The van der Waals surface area contributed by atoms with Crippen molar-refractivity contribution in [3.63, 3.8) is 0 Å². The molecule has 19 heavy (non-hydrogen) atoms. The minimum Gasteiger partial charge on any atom is -0.371 e. The van der Waals surface area contributed by atoms with Crippen molar-refractivity contribution in [2.75, 3.05) is 18.0 Å². The molecule has 1 fully saturated rings. The van der Waals surface area contributed by atoms with Crippen molar-refractivity contribution in [1.29, 1.82) is 0 Å². The number of hydrogen-bond acceptors (Lipinski definition) is 2. The second-order valence-electron chi connectivity index (χ2n) is 5.52. The van der Waals surface area contributed by atoms with Crippen molar-refractivity contribution in [1.82, 2.24) is 0 Å². The summed E-state index contributed by atoms with van der Waals surface area (Å²) in [5, 5.41) is 0. The molecule has 0 bridgehead atoms. The van der Waals surface area contributed by atoms with Gasteiger partial charge in [-0.15, -0.1) is 0 Å². The molecule has 104 valence electrons. The number of rotatable bonds is 4. The van der Waals surface area contributed by atoms with E-state index in [4.69, 9.17) is 0 Å². The van der Waals surface area contributed by atoms with Gasteiger partial charge in [0, 0.05) is 28.8 Å². The maximum absolute atomic E-state index is 10.8. The van der Waals surface area contributed by atoms with E-state index in [0.717, 1.165) is 29.4 Å². The van der Waals surface area contributed by atoms with Gasteiger partial charge >= 0.3 is 0 Å². The minimum atomic E-state index is 0.552. The number of aldehydes is 1. The zero-order chi connectivity index (χ0) is 13.9. The van der Waals surface area contributed by atoms with Crippen LogP contribution in [0.5, 0.6) is 0 Å². The summed E-state index contributed by atoms with van der Waals surface area (Å²) < 4.78 is 0.891. The van der Waals surface area contributed by atoms with Crippen LogP contribution in [0.3, 0.4) is 0 Å². The lowest BCUT2D eigenvalue weighted by atomic mass is 9.74. The third-order valence-corrected chi connectivity index (χ3v) is 5.49. The standard InChI is InChI=1S/C16H22BrNO/c1-3-16(4-2)7-9-18(10-8-16)14-6-5-13(12-19)15(17)11-14/h5-6,11-12H,3-4,7-10H2,1-2H3. The highest BCUT2D eigenvalue weighted by Crippen LogP contribution is 2.39. The first-order chi connectivity index (χ1) is 9.14. The maximum atomic E-state index is 10.8. The van der Waals surface area contributed by atoms with Gasteiger partial charge in [-0.1, -0.05) is 26.7 Å². The van der Waals surface area contributed by atoms with Crippen molar-refractivity contribution in [2.24, 2.45) is 5.41 Å². The molecule has 0 aliphatic carbocycles. The molecule has 2 rings (SSSR count). The summed E-state index contributed by atoms with van der Waals surface area (Å²) in [6.07, 6.45) is 6.00. The normalized spacial score (nSPS) is 18.4. The van der Waals surface area contributed by atoms with E-state index in [1.54, 1.807) is 0 Å². The molecular formula is C16H22BrNO. The van der Waals surface area contributed by atoms with E-state index in [9.17, 15) is 4.79 Å². The summed E-state index contributed by atoms with van der Waals surface area (Å²) >= 11 is 3.47. The number of benzene rings is 1. The van der Waals surface area contributed by atoms with E-state index in [0.29, 0.717) is 5.41 Å². The molecule has 0 N–H and O–H groups in total. The molecule has 0 unspecified atom stereocenters. The van der Waals surface area contributed by atoms with Gasteiger partial charge in [0.25, 0.3) is 0 Å². The van der Waals surface area contributed by atoms with Gasteiger partial charge in [-0.2, -0.15) is 0 Å². The Kier molecular flexibility index (Phi) is 4.67. The lowest BCUT2D eigenvalue weighted by molar-refractivity contribution is 0.112. The molecule has 0 spiro atoms. The first kappa shape index (κ1) is 14.6. The monoisotopic (exact) mass is 323 g/mol. The summed E-state index contributed by atoms with van der Waals surface area (Å²) in [5.41, 5.74) is 2.49. The average molecular weight is 324 g/mol. The molecule has 1 aromatic rings. The van der Waals surface area contributed by atoms with E-state index in [2.05, 4.69) is 46.8 Å². The topological polar surface area (TPSA) is 20.3 Å². The number of piperidine rings is 1.